The summed E-state index contributed by atoms with van der Waals surface area (Å²) in [6, 6.07) is 0. The Kier molecular flexibility index (Phi) is 6.20. The van der Waals surface area contributed by atoms with Gasteiger partial charge in [-0.3, -0.25) is 0 Å². The van der Waals surface area contributed by atoms with Gasteiger partial charge in [0.25, 0.3) is 0 Å². The molecule has 0 saturated carbocycles. The van der Waals surface area contributed by atoms with Crippen molar-refractivity contribution in [1.29, 1.82) is 0 Å². The number of rotatable bonds is 5. The number of likely N-dealkylation sites (N-methyl/N-ethyl adjacent to an activating group) is 2. The van der Waals surface area contributed by atoms with Crippen molar-refractivity contribution in [1.82, 2.24) is 14.9 Å². The van der Waals surface area contributed by atoms with E-state index in [1.807, 2.05) is 39.6 Å². The van der Waals surface area contributed by atoms with E-state index in [9.17, 15) is 4.79 Å². The third kappa shape index (κ3) is 6.16. The van der Waals surface area contributed by atoms with E-state index in [0.717, 1.165) is 0 Å². The Morgan fingerprint density at radius 3 is 2.43 bits per heavy atom. The molecule has 0 aromatic carbocycles. The number of aromatic nitrogens is 2. The molecule has 21 heavy (non-hydrogen) atoms. The van der Waals surface area contributed by atoms with Crippen molar-refractivity contribution in [3.8, 4) is 0 Å². The summed E-state index contributed by atoms with van der Waals surface area (Å²) in [5.41, 5.74) is -0.488. The summed E-state index contributed by atoms with van der Waals surface area (Å²) < 4.78 is 5.37. The molecule has 1 rings (SSSR count). The molecule has 6 nitrogen and oxygen atoms in total. The highest BCUT2D eigenvalue weighted by Gasteiger charge is 2.21. The van der Waals surface area contributed by atoms with E-state index in [1.54, 1.807) is 11.1 Å². The molecule has 0 aliphatic carbocycles. The number of amides is 1. The van der Waals surface area contributed by atoms with Crippen molar-refractivity contribution in [2.45, 2.75) is 33.3 Å². The normalized spacial score (nSPS) is 11.1. The Morgan fingerprint density at radius 2 is 1.95 bits per heavy atom. The van der Waals surface area contributed by atoms with E-state index in [-0.39, 0.29) is 6.09 Å². The van der Waals surface area contributed by atoms with Gasteiger partial charge in [-0.25, -0.2) is 14.8 Å². The van der Waals surface area contributed by atoms with Crippen molar-refractivity contribution in [3.63, 3.8) is 0 Å². The van der Waals surface area contributed by atoms with Crippen LogP contribution in [0, 0.1) is 0 Å². The molecule has 0 bridgehead atoms. The summed E-state index contributed by atoms with van der Waals surface area (Å²) in [6.07, 6.45) is 2.80. The first-order chi connectivity index (χ1) is 9.73. The number of carbonyl (C=O) groups is 1. The van der Waals surface area contributed by atoms with E-state index in [4.69, 9.17) is 16.3 Å². The van der Waals surface area contributed by atoms with Gasteiger partial charge in [-0.2, -0.15) is 0 Å². The first kappa shape index (κ1) is 17.5. The summed E-state index contributed by atoms with van der Waals surface area (Å²) in [7, 11) is 1.89. The van der Waals surface area contributed by atoms with Gasteiger partial charge in [0.15, 0.2) is 0 Å². The first-order valence-corrected chi connectivity index (χ1v) is 7.27. The number of nitrogens with zero attached hydrogens (tertiary/aromatic N) is 4. The fourth-order valence-electron chi connectivity index (χ4n) is 1.59. The summed E-state index contributed by atoms with van der Waals surface area (Å²) in [5.74, 6) is 0.708. The largest absolute Gasteiger partial charge is 0.444 e. The molecule has 0 aliphatic heterocycles. The monoisotopic (exact) mass is 314 g/mol. The van der Waals surface area contributed by atoms with Gasteiger partial charge in [0.2, 0.25) is 0 Å². The Labute approximate surface area is 131 Å². The summed E-state index contributed by atoms with van der Waals surface area (Å²) >= 11 is 5.71. The lowest BCUT2D eigenvalue weighted by Gasteiger charge is -2.28. The second-order valence-corrected chi connectivity index (χ2v) is 6.07. The molecule has 1 aromatic heterocycles. The average Bonchev–Trinajstić information content (AvgIpc) is 2.37. The molecule has 118 valence electrons. The first-order valence-electron chi connectivity index (χ1n) is 6.89. The van der Waals surface area contributed by atoms with Gasteiger partial charge in [-0.05, 0) is 27.7 Å². The predicted octanol–water partition coefficient (Wildman–Crippen LogP) is 2.82. The van der Waals surface area contributed by atoms with Crippen LogP contribution in [0.15, 0.2) is 12.4 Å². The number of hydrogen-bond donors (Lipinski definition) is 0. The van der Waals surface area contributed by atoms with Crippen LogP contribution in [0.2, 0.25) is 5.15 Å². The molecule has 0 atom stereocenters. The number of ether oxygens (including phenoxy) is 1. The Hall–Kier alpha value is -1.56. The topological polar surface area (TPSA) is 58.6 Å². The highest BCUT2D eigenvalue weighted by atomic mass is 35.5. The lowest BCUT2D eigenvalue weighted by molar-refractivity contribution is 0.0265. The van der Waals surface area contributed by atoms with E-state index in [0.29, 0.717) is 30.6 Å². The molecule has 1 heterocycles. The van der Waals surface area contributed by atoms with Gasteiger partial charge in [0.05, 0.1) is 12.4 Å². The lowest BCUT2D eigenvalue weighted by Crippen LogP contribution is -2.40. The van der Waals surface area contributed by atoms with Crippen LogP contribution in [0.3, 0.4) is 0 Å². The van der Waals surface area contributed by atoms with Crippen LogP contribution in [0.5, 0.6) is 0 Å². The van der Waals surface area contributed by atoms with Gasteiger partial charge >= 0.3 is 6.09 Å². The van der Waals surface area contributed by atoms with E-state index < -0.39 is 5.60 Å². The number of halogens is 1. The summed E-state index contributed by atoms with van der Waals surface area (Å²) in [5, 5.41) is 0.357. The van der Waals surface area contributed by atoms with E-state index >= 15 is 0 Å². The number of hydrogen-bond acceptors (Lipinski definition) is 5. The average molecular weight is 315 g/mol. The quantitative estimate of drug-likeness (QED) is 0.836. The van der Waals surface area contributed by atoms with Gasteiger partial charge in [0, 0.05) is 26.7 Å². The lowest BCUT2D eigenvalue weighted by atomic mass is 10.2. The van der Waals surface area contributed by atoms with Crippen molar-refractivity contribution in [3.05, 3.63) is 17.5 Å². The Balaban J connectivity index is 2.54. The van der Waals surface area contributed by atoms with Crippen molar-refractivity contribution in [2.24, 2.45) is 0 Å². The van der Waals surface area contributed by atoms with Crippen molar-refractivity contribution < 1.29 is 9.53 Å². The Bertz CT molecular complexity index is 459. The maximum absolute atomic E-state index is 12.0. The second kappa shape index (κ2) is 7.45. The minimum atomic E-state index is -0.488. The van der Waals surface area contributed by atoms with Crippen LogP contribution in [0.1, 0.15) is 27.7 Å². The zero-order valence-electron chi connectivity index (χ0n) is 13.3. The number of anilines is 1. The summed E-state index contributed by atoms with van der Waals surface area (Å²) in [4.78, 5) is 23.8. The minimum Gasteiger partial charge on any atom is -0.444 e. The highest BCUT2D eigenvalue weighted by Crippen LogP contribution is 2.11. The van der Waals surface area contributed by atoms with Gasteiger partial charge in [0.1, 0.15) is 16.6 Å². The molecule has 0 radical (unpaired) electrons. The molecule has 0 aliphatic rings. The van der Waals surface area contributed by atoms with Crippen molar-refractivity contribution in [2.75, 3.05) is 31.6 Å². The second-order valence-electron chi connectivity index (χ2n) is 5.68. The van der Waals surface area contributed by atoms with Crippen LogP contribution >= 0.6 is 11.6 Å². The molecule has 1 amide bonds. The minimum absolute atomic E-state index is 0.305. The molecule has 7 heteroatoms. The van der Waals surface area contributed by atoms with Crippen LogP contribution in [-0.4, -0.2) is 53.2 Å². The fourth-order valence-corrected chi connectivity index (χ4v) is 1.69. The van der Waals surface area contributed by atoms with Gasteiger partial charge in [-0.1, -0.05) is 11.6 Å². The molecule has 0 unspecified atom stereocenters. The number of carbonyl (C=O) groups excluding carboxylic acids is 1. The molecular weight excluding hydrogens is 292 g/mol. The third-order valence-electron chi connectivity index (χ3n) is 2.74. The van der Waals surface area contributed by atoms with Crippen LogP contribution < -0.4 is 4.90 Å². The predicted molar refractivity (Wildman–Crippen MR) is 83.8 cm³/mol. The van der Waals surface area contributed by atoms with Gasteiger partial charge in [-0.15, -0.1) is 0 Å². The van der Waals surface area contributed by atoms with Crippen LogP contribution in [0.4, 0.5) is 10.6 Å². The molecule has 0 fully saturated rings. The zero-order valence-corrected chi connectivity index (χ0v) is 14.0. The van der Waals surface area contributed by atoms with E-state index in [2.05, 4.69) is 9.97 Å². The fraction of sp³-hybridized carbons (Fsp3) is 0.643. The molecule has 0 N–H and O–H groups in total. The van der Waals surface area contributed by atoms with Crippen LogP contribution in [0.25, 0.3) is 0 Å². The van der Waals surface area contributed by atoms with E-state index in [1.165, 1.54) is 6.20 Å². The maximum Gasteiger partial charge on any atom is 0.410 e. The SMILES string of the molecule is CCN(CCN(C)c1cnc(Cl)cn1)C(=O)OC(C)(C)C. The van der Waals surface area contributed by atoms with Crippen molar-refractivity contribution >= 4 is 23.5 Å². The highest BCUT2D eigenvalue weighted by molar-refractivity contribution is 6.29. The zero-order chi connectivity index (χ0) is 16.0. The molecule has 1 aromatic rings. The molecule has 0 spiro atoms. The van der Waals surface area contributed by atoms with Gasteiger partial charge < -0.3 is 14.5 Å². The molecule has 0 saturated heterocycles. The standard InChI is InChI=1S/C14H23ClN4O2/c1-6-19(13(20)21-14(2,3)4)8-7-18(5)12-10-16-11(15)9-17-12/h9-10H,6-8H2,1-5H3. The van der Waals surface area contributed by atoms with Crippen LogP contribution in [-0.2, 0) is 4.74 Å². The Morgan fingerprint density at radius 1 is 1.29 bits per heavy atom. The maximum atomic E-state index is 12.0. The summed E-state index contributed by atoms with van der Waals surface area (Å²) in [6.45, 7) is 9.26. The molecular formula is C14H23ClN4O2. The third-order valence-corrected chi connectivity index (χ3v) is 2.93. The smallest absolute Gasteiger partial charge is 0.410 e.